The van der Waals surface area contributed by atoms with Gasteiger partial charge in [-0.1, -0.05) is 6.07 Å². The summed E-state index contributed by atoms with van der Waals surface area (Å²) in [5.41, 5.74) is 2.97. The number of ether oxygens (including phenoxy) is 1. The number of methoxy groups -OCH3 is 1. The summed E-state index contributed by atoms with van der Waals surface area (Å²) in [5, 5.41) is 7.41. The van der Waals surface area contributed by atoms with Gasteiger partial charge in [0.25, 0.3) is 5.91 Å². The predicted octanol–water partition coefficient (Wildman–Crippen LogP) is 2.24. The topological polar surface area (TPSA) is 56.1 Å². The van der Waals surface area contributed by atoms with Gasteiger partial charge in [-0.3, -0.25) is 9.48 Å². The number of hydrogen-bond donors (Lipinski definition) is 1. The number of rotatable bonds is 3. The van der Waals surface area contributed by atoms with Crippen molar-refractivity contribution >= 4 is 5.91 Å². The molecule has 0 saturated heterocycles. The quantitative estimate of drug-likeness (QED) is 0.941. The van der Waals surface area contributed by atoms with E-state index in [2.05, 4.69) is 10.4 Å². The molecule has 0 saturated carbocycles. The van der Waals surface area contributed by atoms with Crippen LogP contribution in [0.1, 0.15) is 40.5 Å². The SMILES string of the molecule is COc1cccc(C(=O)NC2CCCc3c2cnn3C)c1. The minimum absolute atomic E-state index is 0.0427. The zero-order valence-electron chi connectivity index (χ0n) is 12.3. The Morgan fingerprint density at radius 3 is 3.14 bits per heavy atom. The molecule has 1 N–H and O–H groups in total. The van der Waals surface area contributed by atoms with E-state index in [0.717, 1.165) is 24.8 Å². The Hall–Kier alpha value is -2.30. The maximum atomic E-state index is 12.4. The van der Waals surface area contributed by atoms with Crippen molar-refractivity contribution in [2.45, 2.75) is 25.3 Å². The molecule has 110 valence electrons. The monoisotopic (exact) mass is 285 g/mol. The Labute approximate surface area is 123 Å². The Balaban J connectivity index is 1.79. The highest BCUT2D eigenvalue weighted by atomic mass is 16.5. The fourth-order valence-electron chi connectivity index (χ4n) is 2.86. The summed E-state index contributed by atoms with van der Waals surface area (Å²) >= 11 is 0. The molecule has 5 heteroatoms. The average Bonchev–Trinajstić information content (AvgIpc) is 2.90. The van der Waals surface area contributed by atoms with Crippen LogP contribution in [0.4, 0.5) is 0 Å². The van der Waals surface area contributed by atoms with E-state index >= 15 is 0 Å². The number of hydrogen-bond acceptors (Lipinski definition) is 3. The van der Waals surface area contributed by atoms with Crippen molar-refractivity contribution < 1.29 is 9.53 Å². The number of aromatic nitrogens is 2. The standard InChI is InChI=1S/C16H19N3O2/c1-19-15-8-4-7-14(13(15)10-17-19)18-16(20)11-5-3-6-12(9-11)21-2/h3,5-6,9-10,14H,4,7-8H2,1-2H3,(H,18,20). The van der Waals surface area contributed by atoms with Crippen LogP contribution in [0.5, 0.6) is 5.75 Å². The number of amides is 1. The van der Waals surface area contributed by atoms with Crippen molar-refractivity contribution in [3.8, 4) is 5.75 Å². The second-order valence-corrected chi connectivity index (χ2v) is 5.32. The molecule has 0 spiro atoms. The van der Waals surface area contributed by atoms with Crippen LogP contribution >= 0.6 is 0 Å². The van der Waals surface area contributed by atoms with Gasteiger partial charge in [0.05, 0.1) is 19.3 Å². The van der Waals surface area contributed by atoms with E-state index < -0.39 is 0 Å². The number of carbonyl (C=O) groups excluding carboxylic acids is 1. The molecule has 1 aliphatic carbocycles. The van der Waals surface area contributed by atoms with Crippen LogP contribution in [-0.4, -0.2) is 22.8 Å². The molecular weight excluding hydrogens is 266 g/mol. The first-order valence-electron chi connectivity index (χ1n) is 7.14. The third-order valence-corrected chi connectivity index (χ3v) is 4.01. The fraction of sp³-hybridized carbons (Fsp3) is 0.375. The summed E-state index contributed by atoms with van der Waals surface area (Å²) in [4.78, 5) is 12.4. The molecule has 1 heterocycles. The highest BCUT2D eigenvalue weighted by molar-refractivity contribution is 5.94. The molecule has 0 fully saturated rings. The summed E-state index contributed by atoms with van der Waals surface area (Å²) in [6.07, 6.45) is 4.91. The summed E-state index contributed by atoms with van der Waals surface area (Å²) in [6.45, 7) is 0. The van der Waals surface area contributed by atoms with Gasteiger partial charge in [-0.15, -0.1) is 0 Å². The Morgan fingerprint density at radius 2 is 2.33 bits per heavy atom. The highest BCUT2D eigenvalue weighted by Crippen LogP contribution is 2.29. The second kappa shape index (κ2) is 5.60. The predicted molar refractivity (Wildman–Crippen MR) is 79.3 cm³/mol. The number of nitrogens with one attached hydrogen (secondary N) is 1. The summed E-state index contributed by atoms with van der Waals surface area (Å²) in [7, 11) is 3.55. The maximum absolute atomic E-state index is 12.4. The van der Waals surface area contributed by atoms with Crippen molar-refractivity contribution in [3.05, 3.63) is 47.3 Å². The lowest BCUT2D eigenvalue weighted by molar-refractivity contribution is 0.0932. The van der Waals surface area contributed by atoms with Gasteiger partial charge in [-0.05, 0) is 37.5 Å². The van der Waals surface area contributed by atoms with E-state index in [1.54, 1.807) is 19.2 Å². The lowest BCUT2D eigenvalue weighted by atomic mass is 9.93. The lowest BCUT2D eigenvalue weighted by Gasteiger charge is -2.23. The van der Waals surface area contributed by atoms with Crippen molar-refractivity contribution in [2.24, 2.45) is 7.05 Å². The largest absolute Gasteiger partial charge is 0.497 e. The minimum atomic E-state index is -0.0735. The Kier molecular flexibility index (Phi) is 3.64. The number of nitrogens with zero attached hydrogens (tertiary/aromatic N) is 2. The fourth-order valence-corrected chi connectivity index (χ4v) is 2.86. The molecule has 1 amide bonds. The van der Waals surface area contributed by atoms with Crippen molar-refractivity contribution in [2.75, 3.05) is 7.11 Å². The highest BCUT2D eigenvalue weighted by Gasteiger charge is 2.25. The molecule has 1 unspecified atom stereocenters. The average molecular weight is 285 g/mol. The first-order chi connectivity index (χ1) is 10.2. The third kappa shape index (κ3) is 2.63. The molecule has 0 bridgehead atoms. The summed E-state index contributed by atoms with van der Waals surface area (Å²) in [5.74, 6) is 0.615. The first-order valence-corrected chi connectivity index (χ1v) is 7.14. The van der Waals surface area contributed by atoms with Gasteiger partial charge >= 0.3 is 0 Å². The molecule has 1 atom stereocenters. The van der Waals surface area contributed by atoms with Crippen LogP contribution in [0.3, 0.4) is 0 Å². The van der Waals surface area contributed by atoms with Crippen molar-refractivity contribution in [1.82, 2.24) is 15.1 Å². The number of carbonyl (C=O) groups is 1. The molecule has 1 aliphatic rings. The summed E-state index contributed by atoms with van der Waals surface area (Å²) in [6, 6.07) is 7.24. The number of benzene rings is 1. The van der Waals surface area contributed by atoms with Gasteiger partial charge in [0.1, 0.15) is 5.75 Å². The van der Waals surface area contributed by atoms with Crippen LogP contribution in [0.25, 0.3) is 0 Å². The van der Waals surface area contributed by atoms with Gasteiger partial charge in [0.2, 0.25) is 0 Å². The van der Waals surface area contributed by atoms with E-state index in [1.165, 1.54) is 5.69 Å². The van der Waals surface area contributed by atoms with Crippen molar-refractivity contribution in [3.63, 3.8) is 0 Å². The Bertz CT molecular complexity index is 663. The molecular formula is C16H19N3O2. The van der Waals surface area contributed by atoms with Gasteiger partial charge < -0.3 is 10.1 Å². The number of fused-ring (bicyclic) bond motifs is 1. The van der Waals surface area contributed by atoms with E-state index in [0.29, 0.717) is 11.3 Å². The lowest BCUT2D eigenvalue weighted by Crippen LogP contribution is -2.30. The van der Waals surface area contributed by atoms with E-state index in [9.17, 15) is 4.79 Å². The molecule has 1 aromatic carbocycles. The zero-order chi connectivity index (χ0) is 14.8. The van der Waals surface area contributed by atoms with Crippen LogP contribution in [0.2, 0.25) is 0 Å². The molecule has 2 aromatic rings. The number of aryl methyl sites for hydroxylation is 1. The zero-order valence-corrected chi connectivity index (χ0v) is 12.3. The van der Waals surface area contributed by atoms with E-state index in [-0.39, 0.29) is 11.9 Å². The molecule has 3 rings (SSSR count). The molecule has 0 radical (unpaired) electrons. The third-order valence-electron chi connectivity index (χ3n) is 4.01. The van der Waals surface area contributed by atoms with Gasteiger partial charge in [0.15, 0.2) is 0 Å². The van der Waals surface area contributed by atoms with Gasteiger partial charge in [0, 0.05) is 23.9 Å². The Morgan fingerprint density at radius 1 is 1.48 bits per heavy atom. The summed E-state index contributed by atoms with van der Waals surface area (Å²) < 4.78 is 7.06. The van der Waals surface area contributed by atoms with E-state index in [4.69, 9.17) is 4.74 Å². The van der Waals surface area contributed by atoms with Crippen LogP contribution in [-0.2, 0) is 13.5 Å². The van der Waals surface area contributed by atoms with Crippen LogP contribution < -0.4 is 10.1 Å². The first kappa shape index (κ1) is 13.7. The second-order valence-electron chi connectivity index (χ2n) is 5.32. The van der Waals surface area contributed by atoms with E-state index in [1.807, 2.05) is 30.1 Å². The maximum Gasteiger partial charge on any atom is 0.251 e. The normalized spacial score (nSPS) is 17.1. The van der Waals surface area contributed by atoms with Crippen LogP contribution in [0.15, 0.2) is 30.5 Å². The smallest absolute Gasteiger partial charge is 0.251 e. The van der Waals surface area contributed by atoms with Crippen molar-refractivity contribution in [1.29, 1.82) is 0 Å². The van der Waals surface area contributed by atoms with Crippen LogP contribution in [0, 0.1) is 0 Å². The molecule has 5 nitrogen and oxygen atoms in total. The molecule has 21 heavy (non-hydrogen) atoms. The molecule has 0 aliphatic heterocycles. The van der Waals surface area contributed by atoms with Gasteiger partial charge in [-0.25, -0.2) is 0 Å². The minimum Gasteiger partial charge on any atom is -0.497 e. The van der Waals surface area contributed by atoms with Gasteiger partial charge in [-0.2, -0.15) is 5.10 Å². The molecule has 1 aromatic heterocycles.